The standard InChI is InChI=1S/C21H26N4O2S/c1-2-15-28(26,27)23-16-20-24-19-13-7-6-12-18(19)21(25-20)22-14-8-11-17-9-4-3-5-10-17/h3-7,9-10,12-13,23H,2,8,11,14-16H2,1H3,(H,22,24,25). The van der Waals surface area contributed by atoms with E-state index >= 15 is 0 Å². The van der Waals surface area contributed by atoms with Crippen molar-refractivity contribution in [2.75, 3.05) is 17.6 Å². The van der Waals surface area contributed by atoms with Crippen LogP contribution in [0.1, 0.15) is 31.2 Å². The molecule has 7 heteroatoms. The summed E-state index contributed by atoms with van der Waals surface area (Å²) >= 11 is 0. The number of hydrogen-bond donors (Lipinski definition) is 2. The van der Waals surface area contributed by atoms with Gasteiger partial charge in [0.05, 0.1) is 17.8 Å². The summed E-state index contributed by atoms with van der Waals surface area (Å²) in [5.41, 5.74) is 2.11. The largest absolute Gasteiger partial charge is 0.369 e. The molecule has 3 aromatic rings. The van der Waals surface area contributed by atoms with Gasteiger partial charge in [-0.2, -0.15) is 0 Å². The van der Waals surface area contributed by atoms with E-state index in [1.165, 1.54) is 5.56 Å². The fourth-order valence-electron chi connectivity index (χ4n) is 3.00. The second kappa shape index (κ2) is 9.61. The van der Waals surface area contributed by atoms with Gasteiger partial charge in [-0.25, -0.2) is 23.1 Å². The monoisotopic (exact) mass is 398 g/mol. The zero-order chi connectivity index (χ0) is 19.8. The highest BCUT2D eigenvalue weighted by Crippen LogP contribution is 2.20. The van der Waals surface area contributed by atoms with Gasteiger partial charge in [-0.15, -0.1) is 0 Å². The smallest absolute Gasteiger partial charge is 0.211 e. The van der Waals surface area contributed by atoms with E-state index in [-0.39, 0.29) is 12.3 Å². The number of aromatic nitrogens is 2. The summed E-state index contributed by atoms with van der Waals surface area (Å²) in [7, 11) is -3.30. The van der Waals surface area contributed by atoms with Gasteiger partial charge in [-0.3, -0.25) is 0 Å². The van der Waals surface area contributed by atoms with E-state index in [0.717, 1.165) is 36.1 Å². The van der Waals surface area contributed by atoms with Crippen LogP contribution in [0.25, 0.3) is 10.9 Å². The van der Waals surface area contributed by atoms with Gasteiger partial charge in [-0.1, -0.05) is 49.4 Å². The maximum atomic E-state index is 11.9. The number of rotatable bonds is 10. The summed E-state index contributed by atoms with van der Waals surface area (Å²) in [4.78, 5) is 9.06. The van der Waals surface area contributed by atoms with E-state index in [0.29, 0.717) is 12.2 Å². The Labute approximate surface area is 166 Å². The number of hydrogen-bond acceptors (Lipinski definition) is 5. The summed E-state index contributed by atoms with van der Waals surface area (Å²) in [6.07, 6.45) is 2.53. The fraction of sp³-hybridized carbons (Fsp3) is 0.333. The van der Waals surface area contributed by atoms with Crippen LogP contribution in [0.2, 0.25) is 0 Å². The minimum atomic E-state index is -3.30. The minimum absolute atomic E-state index is 0.0891. The van der Waals surface area contributed by atoms with Crippen molar-refractivity contribution >= 4 is 26.7 Å². The van der Waals surface area contributed by atoms with Crippen molar-refractivity contribution in [3.05, 3.63) is 66.0 Å². The second-order valence-electron chi connectivity index (χ2n) is 6.66. The lowest BCUT2D eigenvalue weighted by Crippen LogP contribution is -2.26. The Hall–Kier alpha value is -2.51. The third kappa shape index (κ3) is 5.74. The van der Waals surface area contributed by atoms with Crippen molar-refractivity contribution in [2.45, 2.75) is 32.7 Å². The minimum Gasteiger partial charge on any atom is -0.369 e. The third-order valence-corrected chi connectivity index (χ3v) is 5.88. The third-order valence-electron chi connectivity index (χ3n) is 4.35. The molecule has 3 rings (SSSR count). The van der Waals surface area contributed by atoms with Gasteiger partial charge >= 0.3 is 0 Å². The Bertz CT molecular complexity index is 1010. The van der Waals surface area contributed by atoms with Crippen LogP contribution in [0.3, 0.4) is 0 Å². The van der Waals surface area contributed by atoms with Gasteiger partial charge < -0.3 is 5.32 Å². The molecule has 0 aliphatic rings. The molecular formula is C21H26N4O2S. The maximum absolute atomic E-state index is 11.9. The van der Waals surface area contributed by atoms with Crippen LogP contribution in [-0.4, -0.2) is 30.7 Å². The fourth-order valence-corrected chi connectivity index (χ4v) is 4.03. The Balaban J connectivity index is 1.69. The van der Waals surface area contributed by atoms with Crippen LogP contribution < -0.4 is 10.0 Å². The second-order valence-corrected chi connectivity index (χ2v) is 8.59. The molecule has 0 aliphatic carbocycles. The molecule has 1 aromatic heterocycles. The summed E-state index contributed by atoms with van der Waals surface area (Å²) in [5.74, 6) is 1.30. The quantitative estimate of drug-likeness (QED) is 0.511. The van der Waals surface area contributed by atoms with E-state index in [2.05, 4.69) is 32.1 Å². The molecular weight excluding hydrogens is 372 g/mol. The molecule has 0 aliphatic heterocycles. The lowest BCUT2D eigenvalue weighted by atomic mass is 10.1. The Morgan fingerprint density at radius 1 is 0.964 bits per heavy atom. The van der Waals surface area contributed by atoms with Gasteiger partial charge in [0, 0.05) is 11.9 Å². The van der Waals surface area contributed by atoms with Crippen molar-refractivity contribution < 1.29 is 8.42 Å². The number of para-hydroxylation sites is 1. The Kier molecular flexibility index (Phi) is 6.95. The molecule has 0 bridgehead atoms. The van der Waals surface area contributed by atoms with Gasteiger partial charge in [-0.05, 0) is 37.0 Å². The number of anilines is 1. The Morgan fingerprint density at radius 2 is 1.71 bits per heavy atom. The van der Waals surface area contributed by atoms with Crippen molar-refractivity contribution in [1.82, 2.24) is 14.7 Å². The molecule has 0 unspecified atom stereocenters. The molecule has 0 saturated carbocycles. The summed E-state index contributed by atoms with van der Waals surface area (Å²) in [6, 6.07) is 18.1. The molecule has 0 spiro atoms. The van der Waals surface area contributed by atoms with Crippen molar-refractivity contribution in [3.8, 4) is 0 Å². The number of sulfonamides is 1. The van der Waals surface area contributed by atoms with Crippen molar-refractivity contribution in [1.29, 1.82) is 0 Å². The lowest BCUT2D eigenvalue weighted by Gasteiger charge is -2.11. The highest BCUT2D eigenvalue weighted by atomic mass is 32.2. The van der Waals surface area contributed by atoms with Gasteiger partial charge in [0.2, 0.25) is 10.0 Å². The van der Waals surface area contributed by atoms with Crippen LogP contribution >= 0.6 is 0 Å². The molecule has 0 atom stereocenters. The van der Waals surface area contributed by atoms with Crippen LogP contribution in [-0.2, 0) is 23.0 Å². The van der Waals surface area contributed by atoms with Crippen molar-refractivity contribution in [2.24, 2.45) is 0 Å². The van der Waals surface area contributed by atoms with Gasteiger partial charge in [0.1, 0.15) is 11.6 Å². The summed E-state index contributed by atoms with van der Waals surface area (Å²) in [6.45, 7) is 2.70. The molecule has 2 N–H and O–H groups in total. The molecule has 28 heavy (non-hydrogen) atoms. The average Bonchev–Trinajstić information content (AvgIpc) is 2.70. The van der Waals surface area contributed by atoms with Crippen molar-refractivity contribution in [3.63, 3.8) is 0 Å². The number of nitrogens with one attached hydrogen (secondary N) is 2. The predicted octanol–water partition coefficient (Wildman–Crippen LogP) is 3.50. The zero-order valence-electron chi connectivity index (χ0n) is 16.1. The number of aryl methyl sites for hydroxylation is 1. The zero-order valence-corrected chi connectivity index (χ0v) is 16.9. The van der Waals surface area contributed by atoms with Crippen LogP contribution in [0.4, 0.5) is 5.82 Å². The number of benzene rings is 2. The first-order valence-electron chi connectivity index (χ1n) is 9.58. The van der Waals surface area contributed by atoms with Crippen LogP contribution in [0.15, 0.2) is 54.6 Å². The maximum Gasteiger partial charge on any atom is 0.211 e. The molecule has 0 saturated heterocycles. The van der Waals surface area contributed by atoms with E-state index in [4.69, 9.17) is 0 Å². The van der Waals surface area contributed by atoms with E-state index < -0.39 is 10.0 Å². The first kappa shape index (κ1) is 20.2. The number of nitrogens with zero attached hydrogens (tertiary/aromatic N) is 2. The van der Waals surface area contributed by atoms with E-state index in [1.807, 2.05) is 49.4 Å². The highest BCUT2D eigenvalue weighted by Gasteiger charge is 2.12. The van der Waals surface area contributed by atoms with Gasteiger partial charge in [0.15, 0.2) is 0 Å². The molecule has 2 aromatic carbocycles. The molecule has 0 radical (unpaired) electrons. The molecule has 6 nitrogen and oxygen atoms in total. The number of fused-ring (bicyclic) bond motifs is 1. The molecule has 148 valence electrons. The Morgan fingerprint density at radius 3 is 2.50 bits per heavy atom. The normalized spacial score (nSPS) is 11.6. The van der Waals surface area contributed by atoms with E-state index in [1.54, 1.807) is 0 Å². The van der Waals surface area contributed by atoms with E-state index in [9.17, 15) is 8.42 Å². The summed E-state index contributed by atoms with van der Waals surface area (Å²) in [5, 5.41) is 4.33. The first-order chi connectivity index (χ1) is 13.6. The van der Waals surface area contributed by atoms with Crippen LogP contribution in [0, 0.1) is 0 Å². The first-order valence-corrected chi connectivity index (χ1v) is 11.2. The lowest BCUT2D eigenvalue weighted by molar-refractivity contribution is 0.578. The van der Waals surface area contributed by atoms with Gasteiger partial charge in [0.25, 0.3) is 0 Å². The summed E-state index contributed by atoms with van der Waals surface area (Å²) < 4.78 is 26.4. The SMILES string of the molecule is CCCS(=O)(=O)NCc1nc(NCCCc2ccccc2)c2ccccc2n1. The van der Waals surface area contributed by atoms with Crippen LogP contribution in [0.5, 0.6) is 0 Å². The molecule has 0 amide bonds. The highest BCUT2D eigenvalue weighted by molar-refractivity contribution is 7.89. The predicted molar refractivity (Wildman–Crippen MR) is 114 cm³/mol. The topological polar surface area (TPSA) is 84.0 Å². The average molecular weight is 399 g/mol. The molecule has 1 heterocycles. The molecule has 0 fully saturated rings.